The van der Waals surface area contributed by atoms with Crippen LogP contribution in [0.15, 0.2) is 18.2 Å². The number of pyridine rings is 1. The molecule has 2 aromatic rings. The van der Waals surface area contributed by atoms with E-state index in [1.165, 1.54) is 12.1 Å². The fourth-order valence-corrected chi connectivity index (χ4v) is 3.01. The highest BCUT2D eigenvalue weighted by molar-refractivity contribution is 6.04. The molecule has 0 aliphatic heterocycles. The number of aryl methyl sites for hydroxylation is 1. The highest BCUT2D eigenvalue weighted by Crippen LogP contribution is 2.38. The maximum absolute atomic E-state index is 13.9. The third kappa shape index (κ3) is 1.96. The van der Waals surface area contributed by atoms with E-state index in [-0.39, 0.29) is 16.5 Å². The molecule has 0 saturated heterocycles. The zero-order chi connectivity index (χ0) is 14.5. The minimum Gasteiger partial charge on any atom is -0.478 e. The Morgan fingerprint density at radius 2 is 2.15 bits per heavy atom. The maximum Gasteiger partial charge on any atom is 0.336 e. The average Bonchev–Trinajstić information content (AvgIpc) is 2.35. The third-order valence-corrected chi connectivity index (χ3v) is 4.06. The number of carbonyl (C=O) groups is 1. The fourth-order valence-electron chi connectivity index (χ4n) is 3.01. The van der Waals surface area contributed by atoms with Gasteiger partial charge in [0.25, 0.3) is 0 Å². The first kappa shape index (κ1) is 13.0. The van der Waals surface area contributed by atoms with Gasteiger partial charge in [0.2, 0.25) is 0 Å². The van der Waals surface area contributed by atoms with E-state index >= 15 is 0 Å². The van der Waals surface area contributed by atoms with Gasteiger partial charge in [-0.25, -0.2) is 14.2 Å². The van der Waals surface area contributed by atoms with Gasteiger partial charge in [-0.1, -0.05) is 26.0 Å². The van der Waals surface area contributed by atoms with E-state index in [0.717, 1.165) is 17.7 Å². The lowest BCUT2D eigenvalue weighted by Crippen LogP contribution is -2.25. The number of carboxylic acid groups (broad SMARTS) is 1. The van der Waals surface area contributed by atoms with Crippen molar-refractivity contribution in [3.8, 4) is 0 Å². The summed E-state index contributed by atoms with van der Waals surface area (Å²) in [7, 11) is 0. The van der Waals surface area contributed by atoms with E-state index in [4.69, 9.17) is 0 Å². The molecule has 1 heterocycles. The quantitative estimate of drug-likeness (QED) is 0.863. The van der Waals surface area contributed by atoms with E-state index in [0.29, 0.717) is 18.2 Å². The molecule has 0 unspecified atom stereocenters. The van der Waals surface area contributed by atoms with Crippen LogP contribution in [0.1, 0.15) is 41.9 Å². The molecule has 1 N–H and O–H groups in total. The number of halogens is 1. The lowest BCUT2D eigenvalue weighted by atomic mass is 9.74. The second kappa shape index (κ2) is 4.27. The van der Waals surface area contributed by atoms with Gasteiger partial charge in [-0.3, -0.25) is 0 Å². The molecule has 0 atom stereocenters. The zero-order valence-electron chi connectivity index (χ0n) is 11.5. The Hall–Kier alpha value is -1.97. The number of rotatable bonds is 1. The summed E-state index contributed by atoms with van der Waals surface area (Å²) in [5, 5.41) is 9.95. The van der Waals surface area contributed by atoms with E-state index in [2.05, 4.69) is 18.8 Å². The number of nitrogens with zero attached hydrogens (tertiary/aromatic N) is 1. The van der Waals surface area contributed by atoms with Crippen LogP contribution in [0.25, 0.3) is 10.9 Å². The fraction of sp³-hybridized carbons (Fsp3) is 0.375. The molecule has 1 aromatic carbocycles. The highest BCUT2D eigenvalue weighted by atomic mass is 19.1. The summed E-state index contributed by atoms with van der Waals surface area (Å²) < 4.78 is 13.9. The largest absolute Gasteiger partial charge is 0.478 e. The summed E-state index contributed by atoms with van der Waals surface area (Å²) in [5.74, 6) is -1.46. The van der Waals surface area contributed by atoms with E-state index in [1.54, 1.807) is 6.07 Å². The number of aromatic nitrogens is 1. The van der Waals surface area contributed by atoms with Crippen LogP contribution in [0.4, 0.5) is 4.39 Å². The van der Waals surface area contributed by atoms with Crippen molar-refractivity contribution in [1.82, 2.24) is 4.98 Å². The molecule has 3 rings (SSSR count). The first-order chi connectivity index (χ1) is 9.39. The third-order valence-electron chi connectivity index (χ3n) is 4.06. The number of hydrogen-bond acceptors (Lipinski definition) is 2. The van der Waals surface area contributed by atoms with Crippen LogP contribution in [0.3, 0.4) is 0 Å². The van der Waals surface area contributed by atoms with E-state index < -0.39 is 11.8 Å². The molecule has 3 nitrogen and oxygen atoms in total. The predicted molar refractivity (Wildman–Crippen MR) is 74.5 cm³/mol. The summed E-state index contributed by atoms with van der Waals surface area (Å²) in [5.41, 5.74) is 1.95. The number of fused-ring (bicyclic) bond motifs is 2. The average molecular weight is 273 g/mol. The summed E-state index contributed by atoms with van der Waals surface area (Å²) in [4.78, 5) is 16.0. The molecule has 1 aliphatic rings. The monoisotopic (exact) mass is 273 g/mol. The van der Waals surface area contributed by atoms with Gasteiger partial charge >= 0.3 is 5.97 Å². The van der Waals surface area contributed by atoms with Gasteiger partial charge < -0.3 is 5.11 Å². The lowest BCUT2D eigenvalue weighted by Gasteiger charge is -2.31. The van der Waals surface area contributed by atoms with Crippen LogP contribution in [0.2, 0.25) is 0 Å². The van der Waals surface area contributed by atoms with Crippen molar-refractivity contribution in [3.05, 3.63) is 40.8 Å². The van der Waals surface area contributed by atoms with Crippen LogP contribution in [-0.2, 0) is 12.8 Å². The van der Waals surface area contributed by atoms with Crippen molar-refractivity contribution < 1.29 is 14.3 Å². The second-order valence-corrected chi connectivity index (χ2v) is 6.19. The van der Waals surface area contributed by atoms with Crippen molar-refractivity contribution in [2.45, 2.75) is 33.1 Å². The van der Waals surface area contributed by atoms with Crippen LogP contribution in [0, 0.1) is 11.2 Å². The van der Waals surface area contributed by atoms with Crippen LogP contribution in [0.5, 0.6) is 0 Å². The SMILES string of the molecule is CC1(C)CCc2nc3c(F)cccc3c(C(=O)O)c2C1. The topological polar surface area (TPSA) is 50.2 Å². The molecule has 0 radical (unpaired) electrons. The minimum absolute atomic E-state index is 0.0554. The van der Waals surface area contributed by atoms with Gasteiger partial charge in [-0.05, 0) is 36.3 Å². The zero-order valence-corrected chi connectivity index (χ0v) is 11.5. The lowest BCUT2D eigenvalue weighted by molar-refractivity contribution is 0.0696. The summed E-state index contributed by atoms with van der Waals surface area (Å²) in [6.45, 7) is 4.24. The molecular weight excluding hydrogens is 257 g/mol. The summed E-state index contributed by atoms with van der Waals surface area (Å²) in [6, 6.07) is 4.49. The van der Waals surface area contributed by atoms with Gasteiger partial charge in [0.05, 0.1) is 5.56 Å². The Labute approximate surface area is 116 Å². The van der Waals surface area contributed by atoms with Gasteiger partial charge in [0.15, 0.2) is 0 Å². The number of para-hydroxylation sites is 1. The number of aromatic carboxylic acids is 1. The van der Waals surface area contributed by atoms with Gasteiger partial charge in [-0.2, -0.15) is 0 Å². The first-order valence-electron chi connectivity index (χ1n) is 6.72. The molecule has 0 spiro atoms. The van der Waals surface area contributed by atoms with Crippen molar-refractivity contribution in [1.29, 1.82) is 0 Å². The Morgan fingerprint density at radius 3 is 2.85 bits per heavy atom. The minimum atomic E-state index is -1.00. The van der Waals surface area contributed by atoms with Crippen LogP contribution in [-0.4, -0.2) is 16.1 Å². The maximum atomic E-state index is 13.9. The molecule has 1 aromatic heterocycles. The summed E-state index contributed by atoms with van der Waals surface area (Å²) in [6.07, 6.45) is 2.31. The van der Waals surface area contributed by atoms with E-state index in [9.17, 15) is 14.3 Å². The Bertz CT molecular complexity index is 722. The second-order valence-electron chi connectivity index (χ2n) is 6.19. The number of hydrogen-bond donors (Lipinski definition) is 1. The molecule has 0 amide bonds. The molecule has 20 heavy (non-hydrogen) atoms. The van der Waals surface area contributed by atoms with Gasteiger partial charge in [0, 0.05) is 11.1 Å². The van der Waals surface area contributed by atoms with Gasteiger partial charge in [-0.15, -0.1) is 0 Å². The van der Waals surface area contributed by atoms with Crippen molar-refractivity contribution in [3.63, 3.8) is 0 Å². The number of benzene rings is 1. The Kier molecular flexibility index (Phi) is 2.78. The van der Waals surface area contributed by atoms with Gasteiger partial charge in [0.1, 0.15) is 11.3 Å². The molecule has 4 heteroatoms. The smallest absolute Gasteiger partial charge is 0.336 e. The highest BCUT2D eigenvalue weighted by Gasteiger charge is 2.31. The number of carboxylic acids is 1. The molecular formula is C16H16FNO2. The predicted octanol–water partition coefficient (Wildman–Crippen LogP) is 3.59. The van der Waals surface area contributed by atoms with Crippen LogP contribution < -0.4 is 0 Å². The van der Waals surface area contributed by atoms with E-state index in [1.807, 2.05) is 0 Å². The normalized spacial score (nSPS) is 16.9. The molecule has 1 aliphatic carbocycles. The summed E-state index contributed by atoms with van der Waals surface area (Å²) >= 11 is 0. The molecule has 0 saturated carbocycles. The van der Waals surface area contributed by atoms with Crippen molar-refractivity contribution in [2.75, 3.05) is 0 Å². The Morgan fingerprint density at radius 1 is 1.40 bits per heavy atom. The van der Waals surface area contributed by atoms with Crippen molar-refractivity contribution in [2.24, 2.45) is 5.41 Å². The first-order valence-corrected chi connectivity index (χ1v) is 6.72. The molecule has 0 fully saturated rings. The van der Waals surface area contributed by atoms with Crippen molar-refractivity contribution >= 4 is 16.9 Å². The van der Waals surface area contributed by atoms with Crippen LogP contribution >= 0.6 is 0 Å². The Balaban J connectivity index is 2.38. The molecule has 104 valence electrons. The molecule has 0 bridgehead atoms. The standard InChI is InChI=1S/C16H16FNO2/c1-16(2)7-6-12-10(8-16)13(15(19)20)9-4-3-5-11(17)14(9)18-12/h3-5H,6-8H2,1-2H3,(H,19,20).